The summed E-state index contributed by atoms with van der Waals surface area (Å²) in [6.45, 7) is 9.23. The largest absolute Gasteiger partial charge is 0.384 e. The molecule has 6 heteroatoms. The van der Waals surface area contributed by atoms with Gasteiger partial charge in [0, 0.05) is 45.5 Å². The van der Waals surface area contributed by atoms with Crippen molar-refractivity contribution in [2.75, 3.05) is 54.9 Å². The zero-order valence-corrected chi connectivity index (χ0v) is 22.9. The van der Waals surface area contributed by atoms with Crippen LogP contribution in [0.5, 0.6) is 0 Å². The van der Waals surface area contributed by atoms with E-state index in [0.717, 1.165) is 25.9 Å². The molecule has 0 spiro atoms. The first-order valence-electron chi connectivity index (χ1n) is 11.8. The number of ketones is 2. The SMILES string of the molecule is C=CC(C/C=C\CC/C=C/COC)COC.CC(=O)c1ccc(C(C)=O)cc1.COCC#CCOC. The Morgan fingerprint density at radius 3 is 1.61 bits per heavy atom. The number of hydrogen-bond donors (Lipinski definition) is 0. The number of hydrogen-bond acceptors (Lipinski definition) is 6. The van der Waals surface area contributed by atoms with Gasteiger partial charge in [0.25, 0.3) is 0 Å². The molecule has 0 saturated carbocycles. The van der Waals surface area contributed by atoms with Crippen LogP contribution in [-0.2, 0) is 18.9 Å². The van der Waals surface area contributed by atoms with Crippen molar-refractivity contribution < 1.29 is 28.5 Å². The van der Waals surface area contributed by atoms with Gasteiger partial charge in [-0.15, -0.1) is 6.58 Å². The molecule has 0 bridgehead atoms. The fraction of sp³-hybridized carbons (Fsp3) is 0.467. The minimum Gasteiger partial charge on any atom is -0.384 e. The van der Waals surface area contributed by atoms with E-state index in [0.29, 0.717) is 36.9 Å². The van der Waals surface area contributed by atoms with E-state index in [9.17, 15) is 9.59 Å². The minimum absolute atomic E-state index is 0.0186. The van der Waals surface area contributed by atoms with Gasteiger partial charge in [-0.25, -0.2) is 0 Å². The van der Waals surface area contributed by atoms with Crippen LogP contribution in [0.1, 0.15) is 53.8 Å². The maximum atomic E-state index is 10.8. The molecule has 1 unspecified atom stereocenters. The van der Waals surface area contributed by atoms with Crippen LogP contribution in [-0.4, -0.2) is 66.4 Å². The Balaban J connectivity index is 0. The van der Waals surface area contributed by atoms with Crippen LogP contribution in [0.2, 0.25) is 0 Å². The highest BCUT2D eigenvalue weighted by Gasteiger charge is 2.01. The number of rotatable bonds is 14. The van der Waals surface area contributed by atoms with E-state index in [2.05, 4.69) is 46.1 Å². The summed E-state index contributed by atoms with van der Waals surface area (Å²) in [6, 6.07) is 6.66. The molecule has 0 aliphatic carbocycles. The molecule has 0 amide bonds. The highest BCUT2D eigenvalue weighted by Crippen LogP contribution is 2.07. The molecule has 1 aromatic carbocycles. The number of unbranched alkanes of at least 4 members (excludes halogenated alkanes) is 1. The zero-order chi connectivity index (χ0) is 27.4. The van der Waals surface area contributed by atoms with Crippen LogP contribution < -0.4 is 0 Å². The lowest BCUT2D eigenvalue weighted by Crippen LogP contribution is -2.02. The molecular formula is C30H44O6. The van der Waals surface area contributed by atoms with Crippen LogP contribution in [0.3, 0.4) is 0 Å². The fourth-order valence-corrected chi connectivity index (χ4v) is 2.50. The Hall–Kier alpha value is -2.82. The van der Waals surface area contributed by atoms with E-state index in [1.54, 1.807) is 52.7 Å². The van der Waals surface area contributed by atoms with E-state index in [4.69, 9.17) is 9.47 Å². The highest BCUT2D eigenvalue weighted by atomic mass is 16.5. The van der Waals surface area contributed by atoms with Gasteiger partial charge in [-0.3, -0.25) is 9.59 Å². The molecule has 0 aliphatic heterocycles. The molecule has 36 heavy (non-hydrogen) atoms. The van der Waals surface area contributed by atoms with Crippen LogP contribution in [0.15, 0.2) is 61.2 Å². The van der Waals surface area contributed by atoms with Crippen molar-refractivity contribution in [2.24, 2.45) is 5.92 Å². The van der Waals surface area contributed by atoms with Gasteiger partial charge in [-0.05, 0) is 33.1 Å². The molecule has 0 aromatic heterocycles. The fourth-order valence-electron chi connectivity index (χ4n) is 2.50. The van der Waals surface area contributed by atoms with E-state index >= 15 is 0 Å². The lowest BCUT2D eigenvalue weighted by Gasteiger charge is -2.06. The molecule has 200 valence electrons. The van der Waals surface area contributed by atoms with Crippen molar-refractivity contribution in [1.29, 1.82) is 0 Å². The van der Waals surface area contributed by atoms with Crippen molar-refractivity contribution in [1.82, 2.24) is 0 Å². The van der Waals surface area contributed by atoms with Crippen molar-refractivity contribution in [3.63, 3.8) is 0 Å². The molecule has 1 aromatic rings. The third-order valence-corrected chi connectivity index (χ3v) is 4.51. The number of benzene rings is 1. The average molecular weight is 501 g/mol. The second-order valence-electron chi connectivity index (χ2n) is 7.57. The molecule has 0 aliphatic rings. The maximum Gasteiger partial charge on any atom is 0.159 e. The van der Waals surface area contributed by atoms with Crippen molar-refractivity contribution in [3.8, 4) is 11.8 Å². The minimum atomic E-state index is 0.0186. The van der Waals surface area contributed by atoms with Gasteiger partial charge in [0.15, 0.2) is 11.6 Å². The number of Topliss-reactive ketones (excluding diaryl/α,β-unsaturated/α-hetero) is 2. The summed E-state index contributed by atoms with van der Waals surface area (Å²) in [7, 11) is 6.65. The average Bonchev–Trinajstić information content (AvgIpc) is 2.88. The van der Waals surface area contributed by atoms with Gasteiger partial charge >= 0.3 is 0 Å². The molecule has 1 atom stereocenters. The maximum absolute atomic E-state index is 10.8. The monoisotopic (exact) mass is 500 g/mol. The third kappa shape index (κ3) is 22.9. The summed E-state index contributed by atoms with van der Waals surface area (Å²) >= 11 is 0. The summed E-state index contributed by atoms with van der Waals surface area (Å²) in [5, 5.41) is 0. The van der Waals surface area contributed by atoms with Crippen LogP contribution in [0, 0.1) is 17.8 Å². The topological polar surface area (TPSA) is 71.1 Å². The second kappa shape index (κ2) is 26.8. The van der Waals surface area contributed by atoms with Crippen molar-refractivity contribution in [2.45, 2.75) is 33.1 Å². The number of ether oxygens (including phenoxy) is 4. The molecule has 0 saturated heterocycles. The van der Waals surface area contributed by atoms with Crippen LogP contribution >= 0.6 is 0 Å². The lowest BCUT2D eigenvalue weighted by atomic mass is 10.1. The second-order valence-corrected chi connectivity index (χ2v) is 7.57. The summed E-state index contributed by atoms with van der Waals surface area (Å²) in [4.78, 5) is 21.7. The normalized spacial score (nSPS) is 10.9. The van der Waals surface area contributed by atoms with Crippen molar-refractivity contribution in [3.05, 3.63) is 72.4 Å². The molecule has 6 nitrogen and oxygen atoms in total. The van der Waals surface area contributed by atoms with Crippen LogP contribution in [0.25, 0.3) is 0 Å². The van der Waals surface area contributed by atoms with E-state index < -0.39 is 0 Å². The van der Waals surface area contributed by atoms with Gasteiger partial charge in [-0.1, -0.05) is 66.5 Å². The van der Waals surface area contributed by atoms with Gasteiger partial charge in [0.1, 0.15) is 13.2 Å². The Bertz CT molecular complexity index is 769. The third-order valence-electron chi connectivity index (χ3n) is 4.51. The first-order valence-corrected chi connectivity index (χ1v) is 11.8. The standard InChI is InChI=1S/C14H24O2.C10H10O2.C6H10O2/c1-4-14(13-16-3)11-9-7-5-6-8-10-12-15-2;1-7(11)9-3-5-10(6-4-9)8(2)12;1-7-5-3-4-6-8-2/h4,7-10,14H,1,5-6,11-13H2,2-3H3;3-6H,1-2H3;5-6H2,1-2H3/b9-7-,10-8+;;. The summed E-state index contributed by atoms with van der Waals surface area (Å²) in [6.07, 6.45) is 13.7. The van der Waals surface area contributed by atoms with Gasteiger partial charge in [-0.2, -0.15) is 0 Å². The van der Waals surface area contributed by atoms with E-state index in [-0.39, 0.29) is 11.6 Å². The Kier molecular flexibility index (Phi) is 26.3. The first kappa shape index (κ1) is 35.3. The van der Waals surface area contributed by atoms with E-state index in [1.165, 1.54) is 13.8 Å². The zero-order valence-electron chi connectivity index (χ0n) is 22.9. The molecular weight excluding hydrogens is 456 g/mol. The summed E-state index contributed by atoms with van der Waals surface area (Å²) < 4.78 is 19.3. The van der Waals surface area contributed by atoms with Gasteiger partial charge < -0.3 is 18.9 Å². The Morgan fingerprint density at radius 1 is 0.778 bits per heavy atom. The molecule has 0 fully saturated rings. The Labute approximate surface area is 218 Å². The number of carbonyl (C=O) groups excluding carboxylic acids is 2. The summed E-state index contributed by atoms with van der Waals surface area (Å²) in [5.74, 6) is 5.95. The predicted molar refractivity (Wildman–Crippen MR) is 148 cm³/mol. The number of allylic oxidation sites excluding steroid dienone is 3. The number of carbonyl (C=O) groups is 2. The smallest absolute Gasteiger partial charge is 0.159 e. The quantitative estimate of drug-likeness (QED) is 0.140. The van der Waals surface area contributed by atoms with Gasteiger partial charge in [0.05, 0.1) is 13.2 Å². The van der Waals surface area contributed by atoms with Crippen molar-refractivity contribution >= 4 is 11.6 Å². The number of methoxy groups -OCH3 is 4. The summed E-state index contributed by atoms with van der Waals surface area (Å²) in [5.41, 5.74) is 1.28. The Morgan fingerprint density at radius 2 is 1.25 bits per heavy atom. The first-order chi connectivity index (χ1) is 17.4. The highest BCUT2D eigenvalue weighted by molar-refractivity contribution is 5.97. The molecule has 0 radical (unpaired) electrons. The molecule has 0 N–H and O–H groups in total. The molecule has 0 heterocycles. The van der Waals surface area contributed by atoms with Gasteiger partial charge in [0.2, 0.25) is 0 Å². The van der Waals surface area contributed by atoms with Crippen LogP contribution in [0.4, 0.5) is 0 Å². The van der Waals surface area contributed by atoms with E-state index in [1.807, 2.05) is 12.2 Å². The molecule has 1 rings (SSSR count). The predicted octanol–water partition coefficient (Wildman–Crippen LogP) is 5.74. The lowest BCUT2D eigenvalue weighted by molar-refractivity contribution is 0.100.